The first-order chi connectivity index (χ1) is 47.5. The van der Waals surface area contributed by atoms with Crippen molar-refractivity contribution in [2.45, 2.75) is 438 Å². The minimum atomic E-state index is -4.96. The fourth-order valence-corrected chi connectivity index (χ4v) is 13.8. The molecule has 0 amide bonds. The van der Waals surface area contributed by atoms with Crippen LogP contribution in [-0.4, -0.2) is 96.7 Å². The lowest BCUT2D eigenvalue weighted by atomic mass is 10.0. The average Bonchev–Trinajstić information content (AvgIpc) is 2.85. The van der Waals surface area contributed by atoms with Gasteiger partial charge in [0.15, 0.2) is 12.2 Å². The van der Waals surface area contributed by atoms with Gasteiger partial charge in [-0.15, -0.1) is 0 Å². The molecule has 582 valence electrons. The molecule has 0 aliphatic rings. The summed E-state index contributed by atoms with van der Waals surface area (Å²) in [4.78, 5) is 73.0. The van der Waals surface area contributed by atoms with Gasteiger partial charge in [0.05, 0.1) is 26.4 Å². The summed E-state index contributed by atoms with van der Waals surface area (Å²) in [5.74, 6) is -1.37. The Labute approximate surface area is 600 Å². The molecule has 0 rings (SSSR count). The van der Waals surface area contributed by atoms with E-state index in [4.69, 9.17) is 37.0 Å². The van der Waals surface area contributed by atoms with Crippen LogP contribution < -0.4 is 0 Å². The first-order valence-corrected chi connectivity index (χ1v) is 44.1. The predicted molar refractivity (Wildman–Crippen MR) is 400 cm³/mol. The highest BCUT2D eigenvalue weighted by Gasteiger charge is 2.30. The number of carbonyl (C=O) groups is 4. The summed E-state index contributed by atoms with van der Waals surface area (Å²) < 4.78 is 68.7. The molecular formula is C79H154O17P2. The van der Waals surface area contributed by atoms with Gasteiger partial charge in [0.25, 0.3) is 0 Å². The number of hydrogen-bond donors (Lipinski definition) is 3. The summed E-state index contributed by atoms with van der Waals surface area (Å²) in [5.41, 5.74) is 0. The minimum Gasteiger partial charge on any atom is -0.462 e. The standard InChI is InChI=1S/C79H154O17P2/c1-6-9-12-15-18-21-24-27-29-31-33-35-38-43-48-53-58-63-77(82)90-68-74(95-78(83)64-59-54-49-44-39-36-34-32-30-28-25-22-19-16-13-10-7-2)70-93-97(85,86)91-66-73(80)67-92-98(87,88)94-71-75(96-79(84)65-60-55-50-45-40-41-46-51-56-61-72(4)5)69-89-76(81)62-57-52-47-42-37-26-23-20-17-14-11-8-3/h72-75,80H,6-71H2,1-5H3,(H,85,86)(H,87,88)/t73-,74-,75-/m1/s1. The van der Waals surface area contributed by atoms with E-state index in [-0.39, 0.29) is 25.7 Å². The lowest BCUT2D eigenvalue weighted by Crippen LogP contribution is -2.30. The van der Waals surface area contributed by atoms with Crippen LogP contribution >= 0.6 is 15.6 Å². The third-order valence-electron chi connectivity index (χ3n) is 18.5. The van der Waals surface area contributed by atoms with E-state index >= 15 is 0 Å². The van der Waals surface area contributed by atoms with E-state index in [1.165, 1.54) is 244 Å². The van der Waals surface area contributed by atoms with Crippen LogP contribution in [0.3, 0.4) is 0 Å². The second-order valence-electron chi connectivity index (χ2n) is 28.9. The van der Waals surface area contributed by atoms with Crippen LogP contribution in [0.5, 0.6) is 0 Å². The maximum Gasteiger partial charge on any atom is 0.472 e. The molecule has 0 aromatic heterocycles. The van der Waals surface area contributed by atoms with Crippen molar-refractivity contribution >= 4 is 39.5 Å². The molecule has 3 N–H and O–H groups in total. The van der Waals surface area contributed by atoms with Crippen molar-refractivity contribution in [3.05, 3.63) is 0 Å². The van der Waals surface area contributed by atoms with Crippen molar-refractivity contribution in [3.63, 3.8) is 0 Å². The molecule has 0 heterocycles. The predicted octanol–water partition coefficient (Wildman–Crippen LogP) is 23.6. The molecule has 0 spiro atoms. The van der Waals surface area contributed by atoms with Crippen LogP contribution in [0, 0.1) is 5.92 Å². The number of hydrogen-bond acceptors (Lipinski definition) is 15. The molecular weight excluding hydrogens is 1280 g/mol. The number of carbonyl (C=O) groups excluding carboxylic acids is 4. The Hall–Kier alpha value is -1.94. The molecule has 0 saturated heterocycles. The first kappa shape index (κ1) is 96.1. The minimum absolute atomic E-state index is 0.106. The van der Waals surface area contributed by atoms with Crippen LogP contribution in [0.25, 0.3) is 0 Å². The molecule has 0 bridgehead atoms. The lowest BCUT2D eigenvalue weighted by molar-refractivity contribution is -0.161. The summed E-state index contributed by atoms with van der Waals surface area (Å²) >= 11 is 0. The smallest absolute Gasteiger partial charge is 0.462 e. The number of aliphatic hydroxyl groups excluding tert-OH is 1. The first-order valence-electron chi connectivity index (χ1n) is 41.1. The zero-order chi connectivity index (χ0) is 71.9. The zero-order valence-electron chi connectivity index (χ0n) is 63.9. The van der Waals surface area contributed by atoms with E-state index in [9.17, 15) is 43.2 Å². The number of unbranched alkanes of at least 4 members (excludes halogenated alkanes) is 51. The van der Waals surface area contributed by atoms with E-state index in [1.54, 1.807) is 0 Å². The van der Waals surface area contributed by atoms with Crippen LogP contribution in [0.1, 0.15) is 420 Å². The van der Waals surface area contributed by atoms with Crippen molar-refractivity contribution in [2.75, 3.05) is 39.6 Å². The highest BCUT2D eigenvalue weighted by molar-refractivity contribution is 7.47. The number of rotatable bonds is 79. The second kappa shape index (κ2) is 72.0. The normalized spacial score (nSPS) is 13.9. The average molecular weight is 1440 g/mol. The maximum atomic E-state index is 13.1. The van der Waals surface area contributed by atoms with E-state index in [1.807, 2.05) is 0 Å². The van der Waals surface area contributed by atoms with E-state index in [0.29, 0.717) is 25.7 Å². The van der Waals surface area contributed by atoms with Crippen molar-refractivity contribution < 1.29 is 80.2 Å². The van der Waals surface area contributed by atoms with Gasteiger partial charge < -0.3 is 33.8 Å². The van der Waals surface area contributed by atoms with E-state index in [0.717, 1.165) is 95.8 Å². The number of aliphatic hydroxyl groups is 1. The monoisotopic (exact) mass is 1440 g/mol. The summed E-state index contributed by atoms with van der Waals surface area (Å²) in [6, 6.07) is 0. The molecule has 19 heteroatoms. The topological polar surface area (TPSA) is 237 Å². The Bertz CT molecular complexity index is 1870. The third-order valence-corrected chi connectivity index (χ3v) is 20.4. The number of phosphoric ester groups is 2. The summed E-state index contributed by atoms with van der Waals surface area (Å²) in [6.07, 6.45) is 62.3. The van der Waals surface area contributed by atoms with Crippen molar-refractivity contribution in [1.29, 1.82) is 0 Å². The van der Waals surface area contributed by atoms with Gasteiger partial charge in [0, 0.05) is 25.7 Å². The number of phosphoric acid groups is 2. The second-order valence-corrected chi connectivity index (χ2v) is 31.8. The molecule has 17 nitrogen and oxygen atoms in total. The van der Waals surface area contributed by atoms with E-state index in [2.05, 4.69) is 34.6 Å². The van der Waals surface area contributed by atoms with Gasteiger partial charge in [0.2, 0.25) is 0 Å². The molecule has 0 radical (unpaired) electrons. The highest BCUT2D eigenvalue weighted by Crippen LogP contribution is 2.45. The summed E-state index contributed by atoms with van der Waals surface area (Å²) in [6.45, 7) is 7.30. The van der Waals surface area contributed by atoms with E-state index < -0.39 is 97.5 Å². The molecule has 0 aliphatic carbocycles. The van der Waals surface area contributed by atoms with Crippen LogP contribution in [0.4, 0.5) is 0 Å². The van der Waals surface area contributed by atoms with Crippen LogP contribution in [-0.2, 0) is 65.4 Å². The van der Waals surface area contributed by atoms with Gasteiger partial charge in [-0.25, -0.2) is 9.13 Å². The molecule has 0 aromatic carbocycles. The van der Waals surface area contributed by atoms with Gasteiger partial charge in [-0.05, 0) is 31.6 Å². The molecule has 0 aliphatic heterocycles. The largest absolute Gasteiger partial charge is 0.472 e. The molecule has 98 heavy (non-hydrogen) atoms. The Kier molecular flexibility index (Phi) is 70.6. The third kappa shape index (κ3) is 72.4. The Morgan fingerprint density at radius 1 is 0.276 bits per heavy atom. The van der Waals surface area contributed by atoms with Crippen molar-refractivity contribution in [1.82, 2.24) is 0 Å². The Morgan fingerprint density at radius 2 is 0.469 bits per heavy atom. The quantitative estimate of drug-likeness (QED) is 0.0222. The highest BCUT2D eigenvalue weighted by atomic mass is 31.2. The van der Waals surface area contributed by atoms with Crippen molar-refractivity contribution in [2.24, 2.45) is 5.92 Å². The molecule has 0 aromatic rings. The summed E-state index contributed by atoms with van der Waals surface area (Å²) in [7, 11) is -9.92. The molecule has 0 saturated carbocycles. The molecule has 0 fully saturated rings. The zero-order valence-corrected chi connectivity index (χ0v) is 65.7. The molecule has 2 unspecified atom stereocenters. The van der Waals surface area contributed by atoms with Crippen molar-refractivity contribution in [3.8, 4) is 0 Å². The summed E-state index contributed by atoms with van der Waals surface area (Å²) in [5, 5.41) is 10.6. The van der Waals surface area contributed by atoms with Crippen LogP contribution in [0.2, 0.25) is 0 Å². The van der Waals surface area contributed by atoms with Crippen LogP contribution in [0.15, 0.2) is 0 Å². The van der Waals surface area contributed by atoms with Gasteiger partial charge in [-0.2, -0.15) is 0 Å². The number of esters is 4. The number of ether oxygens (including phenoxy) is 4. The van der Waals surface area contributed by atoms with Gasteiger partial charge in [-0.1, -0.05) is 369 Å². The van der Waals surface area contributed by atoms with Gasteiger partial charge >= 0.3 is 39.5 Å². The van der Waals surface area contributed by atoms with Gasteiger partial charge in [-0.3, -0.25) is 37.3 Å². The Morgan fingerprint density at radius 3 is 0.694 bits per heavy atom. The fourth-order valence-electron chi connectivity index (χ4n) is 12.2. The lowest BCUT2D eigenvalue weighted by Gasteiger charge is -2.21. The van der Waals surface area contributed by atoms with Gasteiger partial charge in [0.1, 0.15) is 19.3 Å². The maximum absolute atomic E-state index is 13.1. The SMILES string of the molecule is CCCCCCCCCCCCCCCCCCCC(=O)OC[C@H](COP(=O)(O)OC[C@@H](O)COP(=O)(O)OC[C@@H](COC(=O)CCCCCCCCCCCCCC)OC(=O)CCCCCCCCCCCC(C)C)OC(=O)CCCCCCCCCCCCCCCCCCC. The molecule has 5 atom stereocenters. The fraction of sp³-hybridized carbons (Fsp3) is 0.949. The Balaban J connectivity index is 5.25.